The van der Waals surface area contributed by atoms with Crippen molar-refractivity contribution < 1.29 is 8.42 Å². The van der Waals surface area contributed by atoms with Crippen LogP contribution in [0.1, 0.15) is 22.5 Å². The molecule has 0 saturated carbocycles. The molecule has 0 bridgehead atoms. The first-order valence-corrected chi connectivity index (χ1v) is 7.82. The van der Waals surface area contributed by atoms with E-state index in [0.29, 0.717) is 5.56 Å². The molecule has 0 spiro atoms. The SMILES string of the molecule is Cc1nn(C)c(C)c1CNS(=O)(=O)c1ccc(C#N)cc1. The second-order valence-electron chi connectivity index (χ2n) is 4.73. The van der Waals surface area contributed by atoms with Crippen molar-refractivity contribution in [2.45, 2.75) is 25.3 Å². The van der Waals surface area contributed by atoms with Crippen LogP contribution in [0.15, 0.2) is 29.2 Å². The minimum Gasteiger partial charge on any atom is -0.272 e. The molecule has 0 unspecified atom stereocenters. The van der Waals surface area contributed by atoms with Gasteiger partial charge in [-0.05, 0) is 38.1 Å². The lowest BCUT2D eigenvalue weighted by molar-refractivity contribution is 0.581. The maximum absolute atomic E-state index is 12.2. The first kappa shape index (κ1) is 15.2. The van der Waals surface area contributed by atoms with Gasteiger partial charge in [0.1, 0.15) is 0 Å². The van der Waals surface area contributed by atoms with Crippen LogP contribution in [-0.2, 0) is 23.6 Å². The van der Waals surface area contributed by atoms with Crippen LogP contribution in [0.4, 0.5) is 0 Å². The number of aryl methyl sites for hydroxylation is 2. The van der Waals surface area contributed by atoms with Crippen molar-refractivity contribution >= 4 is 10.0 Å². The van der Waals surface area contributed by atoms with Gasteiger partial charge in [0, 0.05) is 24.8 Å². The van der Waals surface area contributed by atoms with Gasteiger partial charge < -0.3 is 0 Å². The van der Waals surface area contributed by atoms with Gasteiger partial charge in [0.2, 0.25) is 10.0 Å². The molecule has 110 valence electrons. The summed E-state index contributed by atoms with van der Waals surface area (Å²) in [5, 5.41) is 13.0. The van der Waals surface area contributed by atoms with Crippen molar-refractivity contribution in [2.24, 2.45) is 7.05 Å². The smallest absolute Gasteiger partial charge is 0.240 e. The second kappa shape index (κ2) is 5.68. The first-order chi connectivity index (χ1) is 9.85. The normalized spacial score (nSPS) is 11.3. The van der Waals surface area contributed by atoms with E-state index < -0.39 is 10.0 Å². The Bertz CT molecular complexity index is 799. The molecule has 0 fully saturated rings. The fourth-order valence-corrected chi connectivity index (χ4v) is 3.03. The summed E-state index contributed by atoms with van der Waals surface area (Å²) in [5.74, 6) is 0. The van der Waals surface area contributed by atoms with E-state index in [1.165, 1.54) is 24.3 Å². The highest BCUT2D eigenvalue weighted by atomic mass is 32.2. The molecule has 1 N–H and O–H groups in total. The lowest BCUT2D eigenvalue weighted by Gasteiger charge is -2.07. The monoisotopic (exact) mass is 304 g/mol. The molecule has 0 aliphatic carbocycles. The summed E-state index contributed by atoms with van der Waals surface area (Å²) in [6.07, 6.45) is 0. The molecule has 6 nitrogen and oxygen atoms in total. The van der Waals surface area contributed by atoms with Crippen molar-refractivity contribution in [1.82, 2.24) is 14.5 Å². The van der Waals surface area contributed by atoms with Gasteiger partial charge in [0.25, 0.3) is 0 Å². The van der Waals surface area contributed by atoms with Crippen LogP contribution in [0.25, 0.3) is 0 Å². The summed E-state index contributed by atoms with van der Waals surface area (Å²) in [4.78, 5) is 0.140. The van der Waals surface area contributed by atoms with Gasteiger partial charge in [-0.25, -0.2) is 13.1 Å². The van der Waals surface area contributed by atoms with Crippen LogP contribution in [-0.4, -0.2) is 18.2 Å². The average molecular weight is 304 g/mol. The van der Waals surface area contributed by atoms with Crippen LogP contribution < -0.4 is 4.72 Å². The largest absolute Gasteiger partial charge is 0.272 e. The molecule has 1 aromatic carbocycles. The number of rotatable bonds is 4. The number of hydrogen-bond acceptors (Lipinski definition) is 4. The number of hydrogen-bond donors (Lipinski definition) is 1. The number of aromatic nitrogens is 2. The van der Waals surface area contributed by atoms with Gasteiger partial charge in [-0.2, -0.15) is 10.4 Å². The highest BCUT2D eigenvalue weighted by Crippen LogP contribution is 2.14. The van der Waals surface area contributed by atoms with Crippen molar-refractivity contribution in [2.75, 3.05) is 0 Å². The van der Waals surface area contributed by atoms with Crippen molar-refractivity contribution in [3.05, 3.63) is 46.8 Å². The third-order valence-electron chi connectivity index (χ3n) is 3.39. The van der Waals surface area contributed by atoms with Crippen LogP contribution in [0.5, 0.6) is 0 Å². The highest BCUT2D eigenvalue weighted by molar-refractivity contribution is 7.89. The van der Waals surface area contributed by atoms with Crippen LogP contribution in [0, 0.1) is 25.2 Å². The molecule has 7 heteroatoms. The topological polar surface area (TPSA) is 87.8 Å². The fourth-order valence-electron chi connectivity index (χ4n) is 2.03. The van der Waals surface area contributed by atoms with E-state index in [0.717, 1.165) is 17.0 Å². The molecule has 0 aliphatic rings. The molecular formula is C14H16N4O2S. The van der Waals surface area contributed by atoms with E-state index in [1.807, 2.05) is 27.0 Å². The molecule has 2 rings (SSSR count). The number of nitrogens with zero attached hydrogens (tertiary/aromatic N) is 3. The molecule has 2 aromatic rings. The molecule has 0 radical (unpaired) electrons. The van der Waals surface area contributed by atoms with Crippen LogP contribution in [0.3, 0.4) is 0 Å². The van der Waals surface area contributed by atoms with Crippen molar-refractivity contribution in [3.63, 3.8) is 0 Å². The summed E-state index contributed by atoms with van der Waals surface area (Å²) in [7, 11) is -1.78. The molecule has 1 aromatic heterocycles. The molecule has 1 heterocycles. The molecule has 21 heavy (non-hydrogen) atoms. The third kappa shape index (κ3) is 3.12. The zero-order chi connectivity index (χ0) is 15.6. The molecular weight excluding hydrogens is 288 g/mol. The lowest BCUT2D eigenvalue weighted by Crippen LogP contribution is -2.23. The minimum absolute atomic E-state index is 0.140. The third-order valence-corrected chi connectivity index (χ3v) is 4.81. The maximum Gasteiger partial charge on any atom is 0.240 e. The summed E-state index contributed by atoms with van der Waals surface area (Å²) in [5.41, 5.74) is 3.02. The van der Waals surface area contributed by atoms with E-state index in [1.54, 1.807) is 4.68 Å². The quantitative estimate of drug-likeness (QED) is 0.924. The zero-order valence-electron chi connectivity index (χ0n) is 12.1. The van der Waals surface area contributed by atoms with E-state index in [2.05, 4.69) is 9.82 Å². The van der Waals surface area contributed by atoms with Gasteiger partial charge in [-0.3, -0.25) is 4.68 Å². The minimum atomic E-state index is -3.60. The van der Waals surface area contributed by atoms with Gasteiger partial charge in [0.15, 0.2) is 0 Å². The predicted octanol–water partition coefficient (Wildman–Crippen LogP) is 1.39. The van der Waals surface area contributed by atoms with Gasteiger partial charge >= 0.3 is 0 Å². The van der Waals surface area contributed by atoms with Crippen molar-refractivity contribution in [3.8, 4) is 6.07 Å². The number of sulfonamides is 1. The van der Waals surface area contributed by atoms with E-state index in [4.69, 9.17) is 5.26 Å². The maximum atomic E-state index is 12.2. The first-order valence-electron chi connectivity index (χ1n) is 6.34. The number of benzene rings is 1. The molecule has 0 aliphatic heterocycles. The fraction of sp³-hybridized carbons (Fsp3) is 0.286. The predicted molar refractivity (Wildman–Crippen MR) is 77.9 cm³/mol. The lowest BCUT2D eigenvalue weighted by atomic mass is 10.2. The standard InChI is InChI=1S/C14H16N4O2S/c1-10-14(11(2)18(3)17-10)9-16-21(19,20)13-6-4-12(8-15)5-7-13/h4-7,16H,9H2,1-3H3. The Balaban J connectivity index is 2.20. The Morgan fingerprint density at radius 2 is 1.90 bits per heavy atom. The Labute approximate surface area is 124 Å². The summed E-state index contributed by atoms with van der Waals surface area (Å²) >= 11 is 0. The van der Waals surface area contributed by atoms with Gasteiger partial charge in [-0.1, -0.05) is 0 Å². The summed E-state index contributed by atoms with van der Waals surface area (Å²) in [6.45, 7) is 3.93. The number of nitriles is 1. The van der Waals surface area contributed by atoms with E-state index in [-0.39, 0.29) is 11.4 Å². The van der Waals surface area contributed by atoms with Crippen LogP contribution in [0.2, 0.25) is 0 Å². The second-order valence-corrected chi connectivity index (χ2v) is 6.50. The Morgan fingerprint density at radius 1 is 1.29 bits per heavy atom. The van der Waals surface area contributed by atoms with Gasteiger partial charge in [-0.15, -0.1) is 0 Å². The van der Waals surface area contributed by atoms with Crippen LogP contribution >= 0.6 is 0 Å². The van der Waals surface area contributed by atoms with E-state index in [9.17, 15) is 8.42 Å². The Kier molecular flexibility index (Phi) is 4.11. The summed E-state index contributed by atoms with van der Waals surface area (Å²) in [6, 6.07) is 7.76. The Hall–Kier alpha value is -2.17. The summed E-state index contributed by atoms with van der Waals surface area (Å²) < 4.78 is 28.7. The molecule has 0 saturated heterocycles. The molecule has 0 atom stereocenters. The van der Waals surface area contributed by atoms with E-state index >= 15 is 0 Å². The molecule has 0 amide bonds. The Morgan fingerprint density at radius 3 is 2.38 bits per heavy atom. The number of nitrogens with one attached hydrogen (secondary N) is 1. The average Bonchev–Trinajstić information content (AvgIpc) is 2.70. The zero-order valence-corrected chi connectivity index (χ0v) is 12.9. The highest BCUT2D eigenvalue weighted by Gasteiger charge is 2.16. The van der Waals surface area contributed by atoms with Crippen molar-refractivity contribution in [1.29, 1.82) is 5.26 Å². The van der Waals surface area contributed by atoms with Gasteiger partial charge in [0.05, 0.1) is 22.2 Å².